The molecule has 5 nitrogen and oxygen atoms in total. The maximum absolute atomic E-state index is 11.9. The molecular weight excluding hydrogens is 314 g/mol. The van der Waals surface area contributed by atoms with Gasteiger partial charge in [-0.15, -0.1) is 0 Å². The van der Waals surface area contributed by atoms with Gasteiger partial charge in [0.2, 0.25) is 0 Å². The van der Waals surface area contributed by atoms with Gasteiger partial charge in [0.15, 0.2) is 0 Å². The zero-order valence-corrected chi connectivity index (χ0v) is 15.3. The minimum Gasteiger partial charge on any atom is -0.462 e. The Morgan fingerprint density at radius 2 is 1.76 bits per heavy atom. The lowest BCUT2D eigenvalue weighted by molar-refractivity contribution is -0.137. The fraction of sp³-hybridized carbons (Fsp3) is 0.300. The topological polar surface area (TPSA) is 56.6 Å². The second-order valence-electron chi connectivity index (χ2n) is 6.05. The highest BCUT2D eigenvalue weighted by Gasteiger charge is 2.15. The van der Waals surface area contributed by atoms with Crippen LogP contribution in [0.4, 0.5) is 11.4 Å². The first-order valence-corrected chi connectivity index (χ1v) is 8.10. The molecule has 2 aromatic carbocycles. The Morgan fingerprint density at radius 3 is 2.32 bits per heavy atom. The van der Waals surface area contributed by atoms with Crippen molar-refractivity contribution in [1.29, 1.82) is 5.26 Å². The van der Waals surface area contributed by atoms with Gasteiger partial charge in [-0.1, -0.05) is 18.2 Å². The Bertz CT molecular complexity index is 847. The minimum absolute atomic E-state index is 0.00370. The largest absolute Gasteiger partial charge is 0.462 e. The summed E-state index contributed by atoms with van der Waals surface area (Å²) in [6.07, 6.45) is 1.60. The number of hydrogen-bond acceptors (Lipinski definition) is 5. The molecule has 0 aliphatic rings. The molecule has 130 valence electrons. The van der Waals surface area contributed by atoms with E-state index in [2.05, 4.69) is 15.9 Å². The predicted octanol–water partition coefficient (Wildman–Crippen LogP) is 3.44. The molecule has 0 fully saturated rings. The van der Waals surface area contributed by atoms with Crippen molar-refractivity contribution in [2.45, 2.75) is 6.92 Å². The summed E-state index contributed by atoms with van der Waals surface area (Å²) in [5, 5.41) is 11.4. The third kappa shape index (κ3) is 3.74. The highest BCUT2D eigenvalue weighted by Crippen LogP contribution is 2.36. The molecule has 0 aliphatic carbocycles. The van der Waals surface area contributed by atoms with Gasteiger partial charge < -0.3 is 14.5 Å². The SMILES string of the molecule is CCOC(=O)C(C#N)=Cc1ccc(N(C)C)c2c(N(C)C)cccc12. The van der Waals surface area contributed by atoms with Crippen molar-refractivity contribution in [1.82, 2.24) is 0 Å². The summed E-state index contributed by atoms with van der Waals surface area (Å²) in [7, 11) is 7.98. The van der Waals surface area contributed by atoms with Crippen molar-refractivity contribution < 1.29 is 9.53 Å². The first-order chi connectivity index (χ1) is 11.9. The molecule has 0 saturated carbocycles. The van der Waals surface area contributed by atoms with Gasteiger partial charge in [-0.05, 0) is 36.1 Å². The van der Waals surface area contributed by atoms with E-state index in [-0.39, 0.29) is 12.2 Å². The lowest BCUT2D eigenvalue weighted by Crippen LogP contribution is -2.13. The monoisotopic (exact) mass is 337 g/mol. The van der Waals surface area contributed by atoms with Gasteiger partial charge in [-0.25, -0.2) is 4.79 Å². The van der Waals surface area contributed by atoms with Crippen molar-refractivity contribution in [2.24, 2.45) is 0 Å². The highest BCUT2D eigenvalue weighted by atomic mass is 16.5. The van der Waals surface area contributed by atoms with Crippen molar-refractivity contribution in [2.75, 3.05) is 44.6 Å². The average Bonchev–Trinajstić information content (AvgIpc) is 2.58. The zero-order chi connectivity index (χ0) is 18.6. The lowest BCUT2D eigenvalue weighted by Gasteiger charge is -2.22. The Hall–Kier alpha value is -3.00. The van der Waals surface area contributed by atoms with Crippen molar-refractivity contribution in [3.63, 3.8) is 0 Å². The van der Waals surface area contributed by atoms with Gasteiger partial charge in [-0.2, -0.15) is 5.26 Å². The van der Waals surface area contributed by atoms with Crippen LogP contribution in [0.3, 0.4) is 0 Å². The van der Waals surface area contributed by atoms with E-state index in [0.717, 1.165) is 27.7 Å². The van der Waals surface area contributed by atoms with Gasteiger partial charge in [0.05, 0.1) is 6.61 Å². The fourth-order valence-electron chi connectivity index (χ4n) is 2.76. The number of ether oxygens (including phenoxy) is 1. The Balaban J connectivity index is 2.76. The number of hydrogen-bond donors (Lipinski definition) is 0. The van der Waals surface area contributed by atoms with Gasteiger partial charge in [0.25, 0.3) is 0 Å². The first kappa shape index (κ1) is 18.3. The van der Waals surface area contributed by atoms with E-state index in [1.807, 2.05) is 58.5 Å². The van der Waals surface area contributed by atoms with Crippen molar-refractivity contribution in [3.8, 4) is 6.07 Å². The number of carbonyl (C=O) groups is 1. The van der Waals surface area contributed by atoms with Crippen LogP contribution in [-0.4, -0.2) is 40.8 Å². The molecule has 0 radical (unpaired) electrons. The minimum atomic E-state index is -0.599. The number of rotatable bonds is 5. The van der Waals surface area contributed by atoms with Crippen molar-refractivity contribution >= 4 is 34.2 Å². The smallest absolute Gasteiger partial charge is 0.348 e. The molecule has 0 aliphatic heterocycles. The van der Waals surface area contributed by atoms with E-state index in [1.165, 1.54) is 0 Å². The quantitative estimate of drug-likeness (QED) is 0.475. The van der Waals surface area contributed by atoms with Gasteiger partial charge in [-0.3, -0.25) is 0 Å². The van der Waals surface area contributed by atoms with E-state index in [9.17, 15) is 10.1 Å². The highest BCUT2D eigenvalue weighted by molar-refractivity contribution is 6.09. The van der Waals surface area contributed by atoms with Crippen LogP contribution in [0.2, 0.25) is 0 Å². The van der Waals surface area contributed by atoms with E-state index in [4.69, 9.17) is 4.74 Å². The number of anilines is 2. The molecule has 2 rings (SSSR count). The molecule has 5 heteroatoms. The summed E-state index contributed by atoms with van der Waals surface area (Å²) < 4.78 is 4.96. The standard InChI is InChI=1S/C20H23N3O2/c1-6-25-20(24)15(13-21)12-14-10-11-18(23(4)5)19-16(14)8-7-9-17(19)22(2)3/h7-12H,6H2,1-5H3. The summed E-state index contributed by atoms with van der Waals surface area (Å²) >= 11 is 0. The number of fused-ring (bicyclic) bond motifs is 1. The predicted molar refractivity (Wildman–Crippen MR) is 103 cm³/mol. The Labute approximate surface area is 148 Å². The molecule has 0 atom stereocenters. The fourth-order valence-corrected chi connectivity index (χ4v) is 2.76. The summed E-state index contributed by atoms with van der Waals surface area (Å²) in [4.78, 5) is 16.0. The number of nitriles is 1. The molecule has 25 heavy (non-hydrogen) atoms. The van der Waals surface area contributed by atoms with Crippen LogP contribution in [0.15, 0.2) is 35.9 Å². The van der Waals surface area contributed by atoms with Crippen LogP contribution in [0, 0.1) is 11.3 Å². The molecule has 0 amide bonds. The van der Waals surface area contributed by atoms with E-state index in [0.29, 0.717) is 0 Å². The lowest BCUT2D eigenvalue weighted by atomic mass is 9.98. The van der Waals surface area contributed by atoms with Gasteiger partial charge in [0.1, 0.15) is 11.6 Å². The van der Waals surface area contributed by atoms with Crippen LogP contribution in [0.25, 0.3) is 16.8 Å². The molecular formula is C20H23N3O2. The molecule has 0 N–H and O–H groups in total. The second kappa shape index (κ2) is 7.71. The third-order valence-corrected chi connectivity index (χ3v) is 3.91. The summed E-state index contributed by atoms with van der Waals surface area (Å²) in [6.45, 7) is 1.96. The van der Waals surface area contributed by atoms with Gasteiger partial charge >= 0.3 is 5.97 Å². The Morgan fingerprint density at radius 1 is 1.12 bits per heavy atom. The Kier molecular flexibility index (Phi) is 5.66. The molecule has 0 bridgehead atoms. The first-order valence-electron chi connectivity index (χ1n) is 8.10. The third-order valence-electron chi connectivity index (χ3n) is 3.91. The van der Waals surface area contributed by atoms with Crippen LogP contribution < -0.4 is 9.80 Å². The molecule has 0 aromatic heterocycles. The number of benzene rings is 2. The van der Waals surface area contributed by atoms with Crippen LogP contribution in [0.1, 0.15) is 12.5 Å². The normalized spacial score (nSPS) is 11.1. The molecule has 0 spiro atoms. The molecule has 0 heterocycles. The molecule has 0 saturated heterocycles. The average molecular weight is 337 g/mol. The van der Waals surface area contributed by atoms with Gasteiger partial charge in [0, 0.05) is 45.0 Å². The number of carbonyl (C=O) groups excluding carboxylic acids is 1. The maximum atomic E-state index is 11.9. The van der Waals surface area contributed by atoms with E-state index >= 15 is 0 Å². The maximum Gasteiger partial charge on any atom is 0.348 e. The molecule has 0 unspecified atom stereocenters. The number of nitrogens with zero attached hydrogens (tertiary/aromatic N) is 3. The van der Waals surface area contributed by atoms with Crippen LogP contribution >= 0.6 is 0 Å². The summed E-state index contributed by atoms with van der Waals surface area (Å²) in [6, 6.07) is 11.9. The van der Waals surface area contributed by atoms with Crippen molar-refractivity contribution in [3.05, 3.63) is 41.5 Å². The van der Waals surface area contributed by atoms with E-state index < -0.39 is 5.97 Å². The van der Waals surface area contributed by atoms with Crippen LogP contribution in [-0.2, 0) is 9.53 Å². The molecule has 2 aromatic rings. The summed E-state index contributed by atoms with van der Waals surface area (Å²) in [5.74, 6) is -0.599. The van der Waals surface area contributed by atoms with Crippen LogP contribution in [0.5, 0.6) is 0 Å². The van der Waals surface area contributed by atoms with E-state index in [1.54, 1.807) is 13.0 Å². The number of esters is 1. The second-order valence-corrected chi connectivity index (χ2v) is 6.05. The zero-order valence-electron chi connectivity index (χ0n) is 15.3. The summed E-state index contributed by atoms with van der Waals surface area (Å²) in [5.41, 5.74) is 2.96.